The van der Waals surface area contributed by atoms with E-state index in [1.54, 1.807) is 4.90 Å². The molecule has 0 aromatic heterocycles. The van der Waals surface area contributed by atoms with Gasteiger partial charge in [0.05, 0.1) is 0 Å². The highest BCUT2D eigenvalue weighted by molar-refractivity contribution is 5.83. The van der Waals surface area contributed by atoms with E-state index in [1.807, 2.05) is 4.90 Å². The molecule has 1 rings (SSSR count). The lowest BCUT2D eigenvalue weighted by molar-refractivity contribution is -0.141. The third-order valence-electron chi connectivity index (χ3n) is 3.97. The van der Waals surface area contributed by atoms with Crippen LogP contribution in [0.5, 0.6) is 0 Å². The fraction of sp³-hybridized carbons (Fsp3) is 0.867. The van der Waals surface area contributed by atoms with E-state index in [4.69, 9.17) is 0 Å². The van der Waals surface area contributed by atoms with Crippen LogP contribution in [0.2, 0.25) is 0 Å². The van der Waals surface area contributed by atoms with Crippen LogP contribution in [0.4, 0.5) is 4.79 Å². The monoisotopic (exact) mass is 284 g/mol. The number of carbonyl (C=O) groups excluding carboxylic acids is 1. The Morgan fingerprint density at radius 3 is 2.35 bits per heavy atom. The van der Waals surface area contributed by atoms with Crippen molar-refractivity contribution in [3.63, 3.8) is 0 Å². The number of urea groups is 1. The van der Waals surface area contributed by atoms with Crippen molar-refractivity contribution < 1.29 is 14.7 Å². The van der Waals surface area contributed by atoms with Gasteiger partial charge in [-0.25, -0.2) is 9.59 Å². The van der Waals surface area contributed by atoms with Gasteiger partial charge >= 0.3 is 12.0 Å². The molecule has 0 saturated carbocycles. The third-order valence-corrected chi connectivity index (χ3v) is 3.97. The van der Waals surface area contributed by atoms with Gasteiger partial charge in [0.25, 0.3) is 0 Å². The van der Waals surface area contributed by atoms with Crippen molar-refractivity contribution in [2.24, 2.45) is 5.92 Å². The van der Waals surface area contributed by atoms with Gasteiger partial charge < -0.3 is 14.9 Å². The number of nitrogens with zero attached hydrogens (tertiary/aromatic N) is 2. The molecule has 2 amide bonds. The number of hydrogen-bond donors (Lipinski definition) is 1. The maximum absolute atomic E-state index is 12.7. The Balaban J connectivity index is 2.89. The van der Waals surface area contributed by atoms with Gasteiger partial charge in [-0.15, -0.1) is 0 Å². The van der Waals surface area contributed by atoms with E-state index < -0.39 is 12.0 Å². The van der Waals surface area contributed by atoms with Gasteiger partial charge in [0.1, 0.15) is 6.04 Å². The summed E-state index contributed by atoms with van der Waals surface area (Å²) in [5.41, 5.74) is 0. The number of carbonyl (C=O) groups is 2. The number of carboxylic acids is 1. The second-order valence-electron chi connectivity index (χ2n) is 5.99. The minimum absolute atomic E-state index is 0.0997. The molecule has 0 unspecified atom stereocenters. The molecule has 20 heavy (non-hydrogen) atoms. The molecule has 0 spiro atoms. The Labute approximate surface area is 121 Å². The second kappa shape index (κ2) is 7.50. The van der Waals surface area contributed by atoms with E-state index in [0.29, 0.717) is 25.4 Å². The number of aliphatic carboxylic acids is 1. The van der Waals surface area contributed by atoms with Crippen LogP contribution in [-0.4, -0.2) is 52.1 Å². The van der Waals surface area contributed by atoms with E-state index >= 15 is 0 Å². The summed E-state index contributed by atoms with van der Waals surface area (Å²) in [6, 6.07) is -0.552. The molecule has 5 heteroatoms. The maximum atomic E-state index is 12.7. The molecular weight excluding hydrogens is 256 g/mol. The molecule has 116 valence electrons. The second-order valence-corrected chi connectivity index (χ2v) is 5.99. The Morgan fingerprint density at radius 2 is 1.90 bits per heavy atom. The summed E-state index contributed by atoms with van der Waals surface area (Å²) in [5, 5.41) is 9.24. The van der Waals surface area contributed by atoms with E-state index in [2.05, 4.69) is 27.7 Å². The van der Waals surface area contributed by atoms with Crippen molar-refractivity contribution in [2.75, 3.05) is 13.1 Å². The van der Waals surface area contributed by atoms with E-state index in [-0.39, 0.29) is 12.1 Å². The molecule has 1 heterocycles. The first-order chi connectivity index (χ1) is 9.42. The highest BCUT2D eigenvalue weighted by Crippen LogP contribution is 2.22. The molecule has 0 radical (unpaired) electrons. The van der Waals surface area contributed by atoms with Crippen LogP contribution in [0.3, 0.4) is 0 Å². The zero-order valence-corrected chi connectivity index (χ0v) is 13.1. The zero-order valence-electron chi connectivity index (χ0n) is 13.1. The van der Waals surface area contributed by atoms with E-state index in [0.717, 1.165) is 19.3 Å². The zero-order chi connectivity index (χ0) is 15.3. The third kappa shape index (κ3) is 3.87. The summed E-state index contributed by atoms with van der Waals surface area (Å²) >= 11 is 0. The highest BCUT2D eigenvalue weighted by atomic mass is 16.4. The highest BCUT2D eigenvalue weighted by Gasteiger charge is 2.37. The van der Waals surface area contributed by atoms with Crippen LogP contribution in [0.15, 0.2) is 0 Å². The summed E-state index contributed by atoms with van der Waals surface area (Å²) in [4.78, 5) is 27.4. The molecule has 1 saturated heterocycles. The summed E-state index contributed by atoms with van der Waals surface area (Å²) in [7, 11) is 0. The average Bonchev–Trinajstić information content (AvgIpc) is 2.87. The molecule has 0 aromatic carbocycles. The maximum Gasteiger partial charge on any atom is 0.326 e. The molecular formula is C15H28N2O3. The molecule has 1 aliphatic rings. The Hall–Kier alpha value is -1.26. The van der Waals surface area contributed by atoms with Crippen molar-refractivity contribution in [1.29, 1.82) is 0 Å². The minimum atomic E-state index is -0.884. The molecule has 0 bridgehead atoms. The Kier molecular flexibility index (Phi) is 6.30. The van der Waals surface area contributed by atoms with Crippen LogP contribution in [0, 0.1) is 5.92 Å². The smallest absolute Gasteiger partial charge is 0.326 e. The molecule has 1 fully saturated rings. The fourth-order valence-electron chi connectivity index (χ4n) is 2.92. The topological polar surface area (TPSA) is 60.9 Å². The largest absolute Gasteiger partial charge is 0.480 e. The first kappa shape index (κ1) is 16.8. The first-order valence-electron chi connectivity index (χ1n) is 7.72. The predicted octanol–water partition coefficient (Wildman–Crippen LogP) is 2.80. The van der Waals surface area contributed by atoms with Crippen LogP contribution in [-0.2, 0) is 4.79 Å². The molecule has 0 aromatic rings. The molecule has 1 aliphatic heterocycles. The number of hydrogen-bond acceptors (Lipinski definition) is 2. The number of amides is 2. The van der Waals surface area contributed by atoms with Crippen molar-refractivity contribution >= 4 is 12.0 Å². The van der Waals surface area contributed by atoms with Crippen LogP contribution in [0.1, 0.15) is 53.4 Å². The fourth-order valence-corrected chi connectivity index (χ4v) is 2.92. The molecule has 1 atom stereocenters. The lowest BCUT2D eigenvalue weighted by Crippen LogP contribution is -2.52. The van der Waals surface area contributed by atoms with E-state index in [9.17, 15) is 14.7 Å². The van der Waals surface area contributed by atoms with Gasteiger partial charge in [-0.1, -0.05) is 27.7 Å². The van der Waals surface area contributed by atoms with Crippen molar-refractivity contribution in [2.45, 2.75) is 65.5 Å². The summed E-state index contributed by atoms with van der Waals surface area (Å²) in [6.45, 7) is 9.57. The lowest BCUT2D eigenvalue weighted by Gasteiger charge is -2.36. The van der Waals surface area contributed by atoms with Crippen molar-refractivity contribution in [1.82, 2.24) is 9.80 Å². The summed E-state index contributed by atoms with van der Waals surface area (Å²) in [5.74, 6) is -0.504. The summed E-state index contributed by atoms with van der Waals surface area (Å²) < 4.78 is 0. The average molecular weight is 284 g/mol. The van der Waals surface area contributed by atoms with Crippen LogP contribution >= 0.6 is 0 Å². The standard InChI is InChI=1S/C15H28N2O3/c1-5-12(6-2)17(10-11(3)4)15(20)16-9-7-8-13(16)14(18)19/h11-13H,5-10H2,1-4H3,(H,18,19)/t13-/m0/s1. The SMILES string of the molecule is CCC(CC)N(CC(C)C)C(=O)N1CCC[C@H]1C(=O)O. The van der Waals surface area contributed by atoms with Gasteiger partial charge in [-0.3, -0.25) is 0 Å². The van der Waals surface area contributed by atoms with Gasteiger partial charge in [-0.2, -0.15) is 0 Å². The van der Waals surface area contributed by atoms with E-state index in [1.165, 1.54) is 0 Å². The Morgan fingerprint density at radius 1 is 1.30 bits per heavy atom. The molecule has 0 aliphatic carbocycles. The normalized spacial score (nSPS) is 18.9. The van der Waals surface area contributed by atoms with Crippen LogP contribution in [0.25, 0.3) is 0 Å². The molecule has 5 nitrogen and oxygen atoms in total. The van der Waals surface area contributed by atoms with Gasteiger partial charge in [-0.05, 0) is 31.6 Å². The quantitative estimate of drug-likeness (QED) is 0.816. The number of rotatable bonds is 6. The molecule has 1 N–H and O–H groups in total. The van der Waals surface area contributed by atoms with Gasteiger partial charge in [0.2, 0.25) is 0 Å². The van der Waals surface area contributed by atoms with Gasteiger partial charge in [0.15, 0.2) is 0 Å². The lowest BCUT2D eigenvalue weighted by atomic mass is 10.1. The van der Waals surface area contributed by atoms with Crippen molar-refractivity contribution in [3.8, 4) is 0 Å². The number of likely N-dealkylation sites (tertiary alicyclic amines) is 1. The van der Waals surface area contributed by atoms with Crippen LogP contribution < -0.4 is 0 Å². The van der Waals surface area contributed by atoms with Gasteiger partial charge in [0, 0.05) is 19.1 Å². The minimum Gasteiger partial charge on any atom is -0.480 e. The predicted molar refractivity (Wildman–Crippen MR) is 78.7 cm³/mol. The summed E-state index contributed by atoms with van der Waals surface area (Å²) in [6.07, 6.45) is 3.15. The van der Waals surface area contributed by atoms with Crippen molar-refractivity contribution in [3.05, 3.63) is 0 Å². The Bertz CT molecular complexity index is 340. The number of carboxylic acid groups (broad SMARTS) is 1. The first-order valence-corrected chi connectivity index (χ1v) is 7.72.